The Morgan fingerprint density at radius 2 is 1.87 bits per heavy atom. The first-order chi connectivity index (χ1) is 11.3. The van der Waals surface area contributed by atoms with Gasteiger partial charge in [0.25, 0.3) is 0 Å². The first kappa shape index (κ1) is 15.9. The summed E-state index contributed by atoms with van der Waals surface area (Å²) in [5.41, 5.74) is 0.794. The molecule has 0 bridgehead atoms. The molecule has 23 heavy (non-hydrogen) atoms. The van der Waals surface area contributed by atoms with Gasteiger partial charge in [0.2, 0.25) is 0 Å². The van der Waals surface area contributed by atoms with Crippen LogP contribution < -0.4 is 0 Å². The summed E-state index contributed by atoms with van der Waals surface area (Å²) in [5, 5.41) is 9.20. The average molecular weight is 344 g/mol. The summed E-state index contributed by atoms with van der Waals surface area (Å²) in [4.78, 5) is 5.15. The number of pyridine rings is 1. The van der Waals surface area contributed by atoms with Crippen LogP contribution in [0.15, 0.2) is 64.8 Å². The minimum Gasteiger partial charge on any atom is -0.304 e. The minimum atomic E-state index is -0.983. The zero-order valence-electron chi connectivity index (χ0n) is 12.6. The van der Waals surface area contributed by atoms with E-state index >= 15 is 0 Å². The molecule has 3 rings (SSSR count). The highest BCUT2D eigenvalue weighted by atomic mass is 32.2. The molecule has 0 fully saturated rings. The Labute approximate surface area is 141 Å². The van der Waals surface area contributed by atoms with Gasteiger partial charge in [-0.1, -0.05) is 36.0 Å². The molecule has 0 radical (unpaired) electrons. The monoisotopic (exact) mass is 344 g/mol. The van der Waals surface area contributed by atoms with Gasteiger partial charge in [0.05, 0.1) is 10.8 Å². The maximum atomic E-state index is 12.2. The first-order valence-electron chi connectivity index (χ1n) is 7.13. The second kappa shape index (κ2) is 7.52. The Morgan fingerprint density at radius 3 is 2.61 bits per heavy atom. The molecule has 0 aliphatic rings. The van der Waals surface area contributed by atoms with Crippen LogP contribution in [0, 0.1) is 0 Å². The molecular weight excluding hydrogens is 328 g/mol. The normalized spacial score (nSPS) is 12.2. The summed E-state index contributed by atoms with van der Waals surface area (Å²) < 4.78 is 14.1. The smallest absolute Gasteiger partial charge is 0.191 e. The van der Waals surface area contributed by atoms with Gasteiger partial charge in [0.15, 0.2) is 11.0 Å². The topological polar surface area (TPSA) is 60.7 Å². The summed E-state index contributed by atoms with van der Waals surface area (Å²) in [5.74, 6) is 2.04. The van der Waals surface area contributed by atoms with Gasteiger partial charge < -0.3 is 4.57 Å². The van der Waals surface area contributed by atoms with E-state index < -0.39 is 10.8 Å². The van der Waals surface area contributed by atoms with E-state index in [2.05, 4.69) is 15.2 Å². The molecule has 0 saturated heterocycles. The number of hydrogen-bond donors (Lipinski definition) is 0. The van der Waals surface area contributed by atoms with Crippen LogP contribution in [0.4, 0.5) is 0 Å². The largest absolute Gasteiger partial charge is 0.304 e. The number of hydrogen-bond acceptors (Lipinski definition) is 5. The van der Waals surface area contributed by atoms with Crippen molar-refractivity contribution < 1.29 is 4.21 Å². The van der Waals surface area contributed by atoms with Crippen molar-refractivity contribution in [2.45, 2.75) is 10.1 Å². The molecule has 0 amide bonds. The van der Waals surface area contributed by atoms with E-state index in [9.17, 15) is 4.21 Å². The maximum absolute atomic E-state index is 12.2. The van der Waals surface area contributed by atoms with Crippen molar-refractivity contribution in [3.63, 3.8) is 0 Å². The van der Waals surface area contributed by atoms with Gasteiger partial charge in [-0.2, -0.15) is 0 Å². The fraction of sp³-hybridized carbons (Fsp3) is 0.188. The number of benzene rings is 1. The van der Waals surface area contributed by atoms with Crippen LogP contribution >= 0.6 is 11.8 Å². The average Bonchev–Trinajstić information content (AvgIpc) is 2.97. The quantitative estimate of drug-likeness (QED) is 0.644. The molecule has 7 heteroatoms. The van der Waals surface area contributed by atoms with Crippen molar-refractivity contribution in [1.29, 1.82) is 0 Å². The molecule has 1 atom stereocenters. The molecule has 0 N–H and O–H groups in total. The summed E-state index contributed by atoms with van der Waals surface area (Å²) >= 11 is 1.55. The molecule has 0 spiro atoms. The SMILES string of the molecule is Cn1c(SCCS(=O)c2ccccc2)nnc1-c1ccccn1. The second-order valence-electron chi connectivity index (χ2n) is 4.79. The van der Waals surface area contributed by atoms with Crippen LogP contribution in [0.2, 0.25) is 0 Å². The molecule has 1 unspecified atom stereocenters. The Hall–Kier alpha value is -1.99. The molecule has 5 nitrogen and oxygen atoms in total. The Balaban J connectivity index is 1.61. The summed E-state index contributed by atoms with van der Waals surface area (Å²) in [7, 11) is 0.934. The lowest BCUT2D eigenvalue weighted by atomic mass is 10.3. The van der Waals surface area contributed by atoms with E-state index in [1.54, 1.807) is 18.0 Å². The van der Waals surface area contributed by atoms with Crippen molar-refractivity contribution in [1.82, 2.24) is 19.7 Å². The summed E-state index contributed by atoms with van der Waals surface area (Å²) in [6, 6.07) is 15.2. The maximum Gasteiger partial charge on any atom is 0.191 e. The van der Waals surface area contributed by atoms with Crippen molar-refractivity contribution in [3.05, 3.63) is 54.7 Å². The van der Waals surface area contributed by atoms with Gasteiger partial charge in [-0.15, -0.1) is 10.2 Å². The van der Waals surface area contributed by atoms with E-state index in [4.69, 9.17) is 0 Å². The number of nitrogens with zero attached hydrogens (tertiary/aromatic N) is 4. The van der Waals surface area contributed by atoms with Crippen LogP contribution in [0.5, 0.6) is 0 Å². The highest BCUT2D eigenvalue weighted by Crippen LogP contribution is 2.21. The summed E-state index contributed by atoms with van der Waals surface area (Å²) in [6.45, 7) is 0. The Bertz CT molecular complexity index is 790. The lowest BCUT2D eigenvalue weighted by molar-refractivity contribution is 0.684. The molecule has 0 saturated carbocycles. The third-order valence-corrected chi connectivity index (χ3v) is 5.89. The van der Waals surface area contributed by atoms with Crippen molar-refractivity contribution in [3.8, 4) is 11.5 Å². The van der Waals surface area contributed by atoms with Gasteiger partial charge >= 0.3 is 0 Å². The van der Waals surface area contributed by atoms with Crippen LogP contribution in [0.1, 0.15) is 0 Å². The van der Waals surface area contributed by atoms with Gasteiger partial charge in [-0.25, -0.2) is 0 Å². The second-order valence-corrected chi connectivity index (χ2v) is 7.42. The lowest BCUT2D eigenvalue weighted by Crippen LogP contribution is -2.02. The van der Waals surface area contributed by atoms with Gasteiger partial charge in [0, 0.05) is 29.6 Å². The zero-order chi connectivity index (χ0) is 16.1. The molecule has 1 aromatic carbocycles. The van der Waals surface area contributed by atoms with E-state index in [-0.39, 0.29) is 0 Å². The molecule has 2 heterocycles. The van der Waals surface area contributed by atoms with Gasteiger partial charge in [0.1, 0.15) is 5.69 Å². The fourth-order valence-electron chi connectivity index (χ4n) is 2.06. The lowest BCUT2D eigenvalue weighted by Gasteiger charge is -2.04. The standard InChI is InChI=1S/C16H16N4OS2/c1-20-15(14-9-5-6-10-17-14)18-19-16(20)22-11-12-23(21)13-7-3-2-4-8-13/h2-10H,11-12H2,1H3. The number of aromatic nitrogens is 4. The highest BCUT2D eigenvalue weighted by Gasteiger charge is 2.12. The Kier molecular flexibility index (Phi) is 5.19. The molecular formula is C16H16N4OS2. The van der Waals surface area contributed by atoms with E-state index in [0.29, 0.717) is 5.75 Å². The molecule has 118 valence electrons. The predicted octanol–water partition coefficient (Wildman–Crippen LogP) is 2.78. The van der Waals surface area contributed by atoms with Crippen molar-refractivity contribution in [2.75, 3.05) is 11.5 Å². The third kappa shape index (κ3) is 3.86. The highest BCUT2D eigenvalue weighted by molar-refractivity contribution is 8.00. The van der Waals surface area contributed by atoms with Gasteiger partial charge in [-0.05, 0) is 24.3 Å². The van der Waals surface area contributed by atoms with Gasteiger partial charge in [-0.3, -0.25) is 9.19 Å². The molecule has 3 aromatic rings. The molecule has 2 aromatic heterocycles. The molecule has 0 aliphatic carbocycles. The van der Waals surface area contributed by atoms with Crippen LogP contribution in [-0.2, 0) is 17.8 Å². The minimum absolute atomic E-state index is 0.584. The van der Waals surface area contributed by atoms with E-state index in [0.717, 1.165) is 27.3 Å². The molecule has 0 aliphatic heterocycles. The van der Waals surface area contributed by atoms with Crippen LogP contribution in [-0.4, -0.2) is 35.5 Å². The van der Waals surface area contributed by atoms with E-state index in [1.165, 1.54) is 0 Å². The Morgan fingerprint density at radius 1 is 1.09 bits per heavy atom. The summed E-state index contributed by atoms with van der Waals surface area (Å²) in [6.07, 6.45) is 1.74. The fourth-order valence-corrected chi connectivity index (χ4v) is 4.25. The van der Waals surface area contributed by atoms with Crippen molar-refractivity contribution in [2.24, 2.45) is 7.05 Å². The van der Waals surface area contributed by atoms with Crippen molar-refractivity contribution >= 4 is 22.6 Å². The number of rotatable bonds is 6. The third-order valence-electron chi connectivity index (χ3n) is 3.23. The number of thioether (sulfide) groups is 1. The predicted molar refractivity (Wildman–Crippen MR) is 92.7 cm³/mol. The van der Waals surface area contributed by atoms with Crippen LogP contribution in [0.3, 0.4) is 0 Å². The zero-order valence-corrected chi connectivity index (χ0v) is 14.3. The van der Waals surface area contributed by atoms with Crippen LogP contribution in [0.25, 0.3) is 11.5 Å². The van der Waals surface area contributed by atoms with E-state index in [1.807, 2.05) is 60.1 Å². The first-order valence-corrected chi connectivity index (χ1v) is 9.43.